The molecule has 0 aliphatic rings. The second kappa shape index (κ2) is 5.72. The average molecular weight is 200 g/mol. The molecule has 86 valence electrons. The predicted molar refractivity (Wildman–Crippen MR) is 64.4 cm³/mol. The van der Waals surface area contributed by atoms with Crippen molar-refractivity contribution in [1.82, 2.24) is 4.90 Å². The van der Waals surface area contributed by atoms with Gasteiger partial charge in [0.05, 0.1) is 0 Å². The molecule has 0 aromatic carbocycles. The summed E-state index contributed by atoms with van der Waals surface area (Å²) in [5.41, 5.74) is 6.15. The molecule has 2 nitrogen and oxygen atoms in total. The van der Waals surface area contributed by atoms with Crippen LogP contribution in [0, 0.1) is 11.3 Å². The number of hydrogen-bond donors (Lipinski definition) is 1. The van der Waals surface area contributed by atoms with E-state index >= 15 is 0 Å². The minimum Gasteiger partial charge on any atom is -0.329 e. The molecule has 0 spiro atoms. The molecular weight excluding hydrogens is 172 g/mol. The van der Waals surface area contributed by atoms with Crippen molar-refractivity contribution in [3.63, 3.8) is 0 Å². The fourth-order valence-corrected chi connectivity index (χ4v) is 2.00. The van der Waals surface area contributed by atoms with Gasteiger partial charge in [-0.25, -0.2) is 0 Å². The molecule has 0 bridgehead atoms. The van der Waals surface area contributed by atoms with Gasteiger partial charge < -0.3 is 5.73 Å². The minimum absolute atomic E-state index is 0.277. The van der Waals surface area contributed by atoms with Crippen molar-refractivity contribution < 1.29 is 0 Å². The second-order valence-electron chi connectivity index (χ2n) is 5.60. The van der Waals surface area contributed by atoms with E-state index in [9.17, 15) is 0 Å². The van der Waals surface area contributed by atoms with E-state index in [1.807, 2.05) is 0 Å². The van der Waals surface area contributed by atoms with Gasteiger partial charge in [0.25, 0.3) is 0 Å². The van der Waals surface area contributed by atoms with Crippen molar-refractivity contribution in [2.24, 2.45) is 17.1 Å². The van der Waals surface area contributed by atoms with Gasteiger partial charge in [-0.3, -0.25) is 4.90 Å². The van der Waals surface area contributed by atoms with Gasteiger partial charge in [0.15, 0.2) is 0 Å². The molecule has 0 fully saturated rings. The number of hydrogen-bond acceptors (Lipinski definition) is 2. The van der Waals surface area contributed by atoms with Crippen LogP contribution in [0.15, 0.2) is 0 Å². The summed E-state index contributed by atoms with van der Waals surface area (Å²) < 4.78 is 0. The molecule has 0 aliphatic carbocycles. The molecule has 0 aromatic rings. The summed E-state index contributed by atoms with van der Waals surface area (Å²) in [6, 6.07) is 0.495. The summed E-state index contributed by atoms with van der Waals surface area (Å²) >= 11 is 0. The first-order valence-electron chi connectivity index (χ1n) is 5.77. The highest BCUT2D eigenvalue weighted by atomic mass is 15.2. The van der Waals surface area contributed by atoms with Crippen molar-refractivity contribution in [3.8, 4) is 0 Å². The largest absolute Gasteiger partial charge is 0.329 e. The Morgan fingerprint density at radius 2 is 1.71 bits per heavy atom. The van der Waals surface area contributed by atoms with Gasteiger partial charge in [0.1, 0.15) is 0 Å². The van der Waals surface area contributed by atoms with E-state index in [1.165, 1.54) is 0 Å². The first-order chi connectivity index (χ1) is 6.32. The monoisotopic (exact) mass is 200 g/mol. The third-order valence-corrected chi connectivity index (χ3v) is 2.67. The molecule has 0 aromatic heterocycles. The number of nitrogens with two attached hydrogens (primary N) is 1. The van der Waals surface area contributed by atoms with E-state index in [2.05, 4.69) is 46.4 Å². The smallest absolute Gasteiger partial charge is 0.0266 e. The highest BCUT2D eigenvalue weighted by Crippen LogP contribution is 2.24. The van der Waals surface area contributed by atoms with Crippen molar-refractivity contribution in [2.75, 3.05) is 19.6 Å². The Balaban J connectivity index is 4.45. The highest BCUT2D eigenvalue weighted by molar-refractivity contribution is 4.83. The normalized spacial score (nSPS) is 15.2. The van der Waals surface area contributed by atoms with Crippen LogP contribution < -0.4 is 5.73 Å². The fraction of sp³-hybridized carbons (Fsp3) is 1.00. The van der Waals surface area contributed by atoms with E-state index in [4.69, 9.17) is 5.73 Å². The van der Waals surface area contributed by atoms with Crippen molar-refractivity contribution in [2.45, 2.75) is 47.6 Å². The van der Waals surface area contributed by atoms with Crippen LogP contribution in [0.5, 0.6) is 0 Å². The minimum atomic E-state index is 0.277. The predicted octanol–water partition coefficient (Wildman–Crippen LogP) is 2.34. The van der Waals surface area contributed by atoms with Crippen LogP contribution in [-0.2, 0) is 0 Å². The zero-order valence-corrected chi connectivity index (χ0v) is 10.8. The van der Waals surface area contributed by atoms with Crippen LogP contribution in [0.4, 0.5) is 0 Å². The van der Waals surface area contributed by atoms with Crippen LogP contribution in [0.3, 0.4) is 0 Å². The summed E-state index contributed by atoms with van der Waals surface area (Å²) in [7, 11) is 0. The van der Waals surface area contributed by atoms with Gasteiger partial charge in [0.2, 0.25) is 0 Å². The quantitative estimate of drug-likeness (QED) is 0.738. The second-order valence-corrected chi connectivity index (χ2v) is 5.60. The maximum absolute atomic E-state index is 5.87. The zero-order chi connectivity index (χ0) is 11.4. The lowest BCUT2D eigenvalue weighted by molar-refractivity contribution is 0.0983. The fourth-order valence-electron chi connectivity index (χ4n) is 2.00. The standard InChI is InChI=1S/C12H28N2/c1-7-14(9-10(2)3)11(8-13)12(4,5)6/h10-11H,7-9,13H2,1-6H3. The summed E-state index contributed by atoms with van der Waals surface area (Å²) in [5.74, 6) is 0.714. The Hall–Kier alpha value is -0.0800. The number of likely N-dealkylation sites (N-methyl/N-ethyl adjacent to an activating group) is 1. The van der Waals surface area contributed by atoms with Crippen LogP contribution in [-0.4, -0.2) is 30.6 Å². The van der Waals surface area contributed by atoms with Gasteiger partial charge in [-0.15, -0.1) is 0 Å². The Bertz CT molecular complexity index is 147. The molecule has 0 heterocycles. The Morgan fingerprint density at radius 1 is 1.21 bits per heavy atom. The van der Waals surface area contributed by atoms with Crippen molar-refractivity contribution in [3.05, 3.63) is 0 Å². The summed E-state index contributed by atoms with van der Waals surface area (Å²) in [5, 5.41) is 0. The van der Waals surface area contributed by atoms with E-state index < -0.39 is 0 Å². The Kier molecular flexibility index (Phi) is 5.68. The third kappa shape index (κ3) is 4.43. The lowest BCUT2D eigenvalue weighted by Gasteiger charge is -2.40. The molecule has 14 heavy (non-hydrogen) atoms. The van der Waals surface area contributed by atoms with Crippen LogP contribution in [0.25, 0.3) is 0 Å². The molecule has 0 saturated carbocycles. The van der Waals surface area contributed by atoms with Gasteiger partial charge in [-0.1, -0.05) is 41.5 Å². The third-order valence-electron chi connectivity index (χ3n) is 2.67. The number of nitrogens with zero attached hydrogens (tertiary/aromatic N) is 1. The molecule has 0 saturated heterocycles. The Labute approximate surface area is 89.9 Å². The SMILES string of the molecule is CCN(CC(C)C)C(CN)C(C)(C)C. The summed E-state index contributed by atoms with van der Waals surface area (Å²) in [6.45, 7) is 16.6. The first kappa shape index (κ1) is 13.9. The number of rotatable bonds is 5. The summed E-state index contributed by atoms with van der Waals surface area (Å²) in [6.07, 6.45) is 0. The van der Waals surface area contributed by atoms with E-state index in [0.29, 0.717) is 12.0 Å². The van der Waals surface area contributed by atoms with Crippen molar-refractivity contribution in [1.29, 1.82) is 0 Å². The van der Waals surface area contributed by atoms with Crippen LogP contribution >= 0.6 is 0 Å². The first-order valence-corrected chi connectivity index (χ1v) is 5.77. The van der Waals surface area contributed by atoms with E-state index in [-0.39, 0.29) is 5.41 Å². The lowest BCUT2D eigenvalue weighted by atomic mass is 9.85. The molecule has 0 amide bonds. The zero-order valence-electron chi connectivity index (χ0n) is 10.8. The molecule has 1 atom stereocenters. The van der Waals surface area contributed by atoms with Gasteiger partial charge in [0, 0.05) is 19.1 Å². The van der Waals surface area contributed by atoms with E-state index in [1.54, 1.807) is 0 Å². The van der Waals surface area contributed by atoms with Gasteiger partial charge in [-0.05, 0) is 17.9 Å². The molecule has 1 unspecified atom stereocenters. The maximum atomic E-state index is 5.87. The average Bonchev–Trinajstić information content (AvgIpc) is 2.00. The highest BCUT2D eigenvalue weighted by Gasteiger charge is 2.28. The molecule has 0 rings (SSSR count). The topological polar surface area (TPSA) is 29.3 Å². The van der Waals surface area contributed by atoms with Gasteiger partial charge in [-0.2, -0.15) is 0 Å². The summed E-state index contributed by atoms with van der Waals surface area (Å²) in [4.78, 5) is 2.50. The maximum Gasteiger partial charge on any atom is 0.0266 e. The molecule has 0 aliphatic heterocycles. The van der Waals surface area contributed by atoms with Crippen molar-refractivity contribution >= 4 is 0 Å². The van der Waals surface area contributed by atoms with Gasteiger partial charge >= 0.3 is 0 Å². The van der Waals surface area contributed by atoms with Crippen LogP contribution in [0.2, 0.25) is 0 Å². The van der Waals surface area contributed by atoms with E-state index in [0.717, 1.165) is 19.6 Å². The lowest BCUT2D eigenvalue weighted by Crippen LogP contribution is -2.49. The molecular formula is C12H28N2. The van der Waals surface area contributed by atoms with Crippen LogP contribution in [0.1, 0.15) is 41.5 Å². The Morgan fingerprint density at radius 3 is 1.93 bits per heavy atom. The molecule has 2 N–H and O–H groups in total. The molecule has 2 heteroatoms. The molecule has 0 radical (unpaired) electrons.